The Morgan fingerprint density at radius 2 is 1.25 bits per heavy atom. The number of allylic oxidation sites excluding steroid dienone is 1. The van der Waals surface area contributed by atoms with E-state index in [-0.39, 0.29) is 5.82 Å². The summed E-state index contributed by atoms with van der Waals surface area (Å²) in [6.45, 7) is 6.05. The SMILES string of the molecule is C=CCCc1ccc(-c2ccc3cc(CCc4ccc(CCCCCCC)cc4)ccc3c2F)cc1. The van der Waals surface area contributed by atoms with Gasteiger partial charge in [0.1, 0.15) is 5.82 Å². The molecular formula is C35H39F. The number of rotatable bonds is 13. The minimum Gasteiger partial charge on any atom is -0.206 e. The first kappa shape index (κ1) is 25.9. The van der Waals surface area contributed by atoms with E-state index in [4.69, 9.17) is 0 Å². The van der Waals surface area contributed by atoms with Crippen LogP contribution in [0.4, 0.5) is 4.39 Å². The Hall–Kier alpha value is -3.19. The summed E-state index contributed by atoms with van der Waals surface area (Å²) in [6, 6.07) is 27.5. The Balaban J connectivity index is 1.37. The van der Waals surface area contributed by atoms with E-state index in [0.29, 0.717) is 10.9 Å². The zero-order valence-corrected chi connectivity index (χ0v) is 21.7. The number of fused-ring (bicyclic) bond motifs is 1. The molecule has 1 heteroatoms. The van der Waals surface area contributed by atoms with Crippen molar-refractivity contribution in [2.75, 3.05) is 0 Å². The standard InChI is InChI=1S/C35H39F/c1-3-5-7-8-9-11-28-12-14-29(15-13-28)16-17-30-20-24-34-32(26-30)23-25-33(35(34)36)31-21-18-27(19-22-31)10-6-4-2/h4,12-15,18-26H,2-3,5-11,16-17H2,1H3. The van der Waals surface area contributed by atoms with Crippen molar-refractivity contribution in [2.24, 2.45) is 0 Å². The second kappa shape index (κ2) is 13.2. The summed E-state index contributed by atoms with van der Waals surface area (Å²) in [5.41, 5.74) is 6.89. The lowest BCUT2D eigenvalue weighted by Gasteiger charge is -2.10. The maximum absolute atomic E-state index is 15.4. The number of hydrogen-bond donors (Lipinski definition) is 0. The van der Waals surface area contributed by atoms with Crippen molar-refractivity contribution < 1.29 is 4.39 Å². The van der Waals surface area contributed by atoms with Gasteiger partial charge >= 0.3 is 0 Å². The molecule has 36 heavy (non-hydrogen) atoms. The minimum atomic E-state index is -0.136. The molecule has 0 aliphatic rings. The molecule has 0 aliphatic heterocycles. The number of hydrogen-bond acceptors (Lipinski definition) is 0. The first-order valence-electron chi connectivity index (χ1n) is 13.7. The van der Waals surface area contributed by atoms with Crippen molar-refractivity contribution >= 4 is 10.8 Å². The topological polar surface area (TPSA) is 0 Å². The van der Waals surface area contributed by atoms with Crippen LogP contribution in [0.1, 0.15) is 67.7 Å². The van der Waals surface area contributed by atoms with E-state index in [1.807, 2.05) is 30.3 Å². The Labute approximate surface area is 216 Å². The zero-order chi connectivity index (χ0) is 25.2. The minimum absolute atomic E-state index is 0.136. The number of halogens is 1. The summed E-state index contributed by atoms with van der Waals surface area (Å²) in [6.07, 6.45) is 13.6. The fourth-order valence-electron chi connectivity index (χ4n) is 4.93. The van der Waals surface area contributed by atoms with Crippen LogP contribution in [0.15, 0.2) is 91.5 Å². The molecular weight excluding hydrogens is 439 g/mol. The molecule has 0 fully saturated rings. The van der Waals surface area contributed by atoms with Gasteiger partial charge in [-0.15, -0.1) is 6.58 Å². The van der Waals surface area contributed by atoms with Gasteiger partial charge in [-0.1, -0.05) is 118 Å². The molecule has 186 valence electrons. The van der Waals surface area contributed by atoms with Gasteiger partial charge in [-0.05, 0) is 71.7 Å². The van der Waals surface area contributed by atoms with Crippen molar-refractivity contribution in [1.82, 2.24) is 0 Å². The van der Waals surface area contributed by atoms with Crippen molar-refractivity contribution in [3.05, 3.63) is 120 Å². The van der Waals surface area contributed by atoms with E-state index in [1.54, 1.807) is 0 Å². The average Bonchev–Trinajstić information content (AvgIpc) is 2.92. The Bertz CT molecular complexity index is 1250. The van der Waals surface area contributed by atoms with Crippen LogP contribution in [0.3, 0.4) is 0 Å². The predicted molar refractivity (Wildman–Crippen MR) is 154 cm³/mol. The van der Waals surface area contributed by atoms with Gasteiger partial charge in [-0.25, -0.2) is 4.39 Å². The van der Waals surface area contributed by atoms with Crippen LogP contribution < -0.4 is 0 Å². The third-order valence-corrected chi connectivity index (χ3v) is 7.21. The van der Waals surface area contributed by atoms with Gasteiger partial charge in [0.2, 0.25) is 0 Å². The third-order valence-electron chi connectivity index (χ3n) is 7.21. The van der Waals surface area contributed by atoms with E-state index in [9.17, 15) is 0 Å². The predicted octanol–water partition coefficient (Wildman–Crippen LogP) is 10.1. The van der Waals surface area contributed by atoms with E-state index in [2.05, 4.69) is 68.1 Å². The summed E-state index contributed by atoms with van der Waals surface area (Å²) in [4.78, 5) is 0. The molecule has 0 atom stereocenters. The molecule has 0 bridgehead atoms. The van der Waals surface area contributed by atoms with Crippen molar-refractivity contribution in [3.8, 4) is 11.1 Å². The lowest BCUT2D eigenvalue weighted by Crippen LogP contribution is -1.94. The van der Waals surface area contributed by atoms with Gasteiger partial charge in [0.15, 0.2) is 0 Å². The Kier molecular flexibility index (Phi) is 9.50. The molecule has 0 unspecified atom stereocenters. The van der Waals surface area contributed by atoms with E-state index >= 15 is 4.39 Å². The van der Waals surface area contributed by atoms with Crippen LogP contribution in [0, 0.1) is 5.82 Å². The maximum atomic E-state index is 15.4. The van der Waals surface area contributed by atoms with Crippen LogP contribution in [-0.2, 0) is 25.7 Å². The van der Waals surface area contributed by atoms with Gasteiger partial charge in [-0.3, -0.25) is 0 Å². The summed E-state index contributed by atoms with van der Waals surface area (Å²) < 4.78 is 15.4. The van der Waals surface area contributed by atoms with Crippen LogP contribution in [0.25, 0.3) is 21.9 Å². The first-order valence-corrected chi connectivity index (χ1v) is 13.7. The van der Waals surface area contributed by atoms with E-state index in [0.717, 1.165) is 36.6 Å². The lowest BCUT2D eigenvalue weighted by atomic mass is 9.96. The lowest BCUT2D eigenvalue weighted by molar-refractivity contribution is 0.632. The highest BCUT2D eigenvalue weighted by Crippen LogP contribution is 2.30. The Morgan fingerprint density at radius 1 is 0.639 bits per heavy atom. The van der Waals surface area contributed by atoms with Gasteiger partial charge < -0.3 is 0 Å². The molecule has 0 heterocycles. The number of aryl methyl sites for hydroxylation is 4. The molecule has 0 aliphatic carbocycles. The molecule has 0 aromatic heterocycles. The normalized spacial score (nSPS) is 11.2. The molecule has 0 nitrogen and oxygen atoms in total. The highest BCUT2D eigenvalue weighted by molar-refractivity contribution is 5.88. The van der Waals surface area contributed by atoms with Gasteiger partial charge in [0, 0.05) is 10.9 Å². The fourth-order valence-corrected chi connectivity index (χ4v) is 4.93. The van der Waals surface area contributed by atoms with Gasteiger partial charge in [0.05, 0.1) is 0 Å². The molecule has 4 rings (SSSR count). The summed E-state index contributed by atoms with van der Waals surface area (Å²) in [5.74, 6) is -0.136. The molecule has 0 radical (unpaired) electrons. The molecule has 0 saturated carbocycles. The van der Waals surface area contributed by atoms with Crippen LogP contribution >= 0.6 is 0 Å². The maximum Gasteiger partial charge on any atom is 0.138 e. The van der Waals surface area contributed by atoms with Gasteiger partial charge in [-0.2, -0.15) is 0 Å². The second-order valence-electron chi connectivity index (χ2n) is 9.99. The van der Waals surface area contributed by atoms with Crippen molar-refractivity contribution in [2.45, 2.75) is 71.1 Å². The Morgan fingerprint density at radius 3 is 1.97 bits per heavy atom. The van der Waals surface area contributed by atoms with E-state index < -0.39 is 0 Å². The van der Waals surface area contributed by atoms with Gasteiger partial charge in [0.25, 0.3) is 0 Å². The summed E-state index contributed by atoms with van der Waals surface area (Å²) in [5, 5.41) is 1.66. The molecule has 4 aromatic carbocycles. The molecule has 0 amide bonds. The summed E-state index contributed by atoms with van der Waals surface area (Å²) >= 11 is 0. The van der Waals surface area contributed by atoms with Crippen LogP contribution in [0.2, 0.25) is 0 Å². The number of benzene rings is 4. The highest BCUT2D eigenvalue weighted by Gasteiger charge is 2.10. The monoisotopic (exact) mass is 478 g/mol. The highest BCUT2D eigenvalue weighted by atomic mass is 19.1. The smallest absolute Gasteiger partial charge is 0.138 e. The van der Waals surface area contributed by atoms with Crippen molar-refractivity contribution in [3.63, 3.8) is 0 Å². The molecule has 0 N–H and O–H groups in total. The quantitative estimate of drug-likeness (QED) is 0.132. The third kappa shape index (κ3) is 6.94. The molecule has 4 aromatic rings. The van der Waals surface area contributed by atoms with Crippen molar-refractivity contribution in [1.29, 1.82) is 0 Å². The fraction of sp³-hybridized carbons (Fsp3) is 0.314. The molecule has 0 spiro atoms. The largest absolute Gasteiger partial charge is 0.206 e. The average molecular weight is 479 g/mol. The van der Waals surface area contributed by atoms with Crippen LogP contribution in [0.5, 0.6) is 0 Å². The molecule has 0 saturated heterocycles. The first-order chi connectivity index (χ1) is 17.7. The zero-order valence-electron chi connectivity index (χ0n) is 21.7. The second-order valence-corrected chi connectivity index (χ2v) is 9.99. The number of unbranched alkanes of at least 4 members (excludes halogenated alkanes) is 4. The summed E-state index contributed by atoms with van der Waals surface area (Å²) in [7, 11) is 0. The van der Waals surface area contributed by atoms with E-state index in [1.165, 1.54) is 60.8 Å². The van der Waals surface area contributed by atoms with Crippen LogP contribution in [-0.4, -0.2) is 0 Å².